The number of furan rings is 1. The first-order chi connectivity index (χ1) is 8.75. The number of hydrogen-bond acceptors (Lipinski definition) is 4. The van der Waals surface area contributed by atoms with Gasteiger partial charge in [-0.1, -0.05) is 0 Å². The Balaban J connectivity index is 2.09. The Kier molecular flexibility index (Phi) is 2.33. The summed E-state index contributed by atoms with van der Waals surface area (Å²) in [7, 11) is 0. The Bertz CT molecular complexity index is 701. The maximum absolute atomic E-state index is 11.0. The van der Waals surface area contributed by atoms with Crippen molar-refractivity contribution in [2.75, 3.05) is 0 Å². The highest BCUT2D eigenvalue weighted by Gasteiger charge is 2.14. The van der Waals surface area contributed by atoms with Gasteiger partial charge in [-0.25, -0.2) is 4.79 Å². The molecule has 6 heteroatoms. The molecule has 0 aliphatic heterocycles. The molecule has 0 amide bonds. The van der Waals surface area contributed by atoms with Crippen molar-refractivity contribution < 1.29 is 14.3 Å². The second-order valence-electron chi connectivity index (χ2n) is 3.79. The van der Waals surface area contributed by atoms with Crippen LogP contribution in [0.5, 0.6) is 0 Å². The summed E-state index contributed by atoms with van der Waals surface area (Å²) < 4.78 is 6.89. The maximum Gasteiger partial charge on any atom is 0.339 e. The highest BCUT2D eigenvalue weighted by Crippen LogP contribution is 2.13. The molecule has 3 aromatic heterocycles. The molecule has 0 aromatic carbocycles. The summed E-state index contributed by atoms with van der Waals surface area (Å²) in [5.41, 5.74) is 0.474. The summed E-state index contributed by atoms with van der Waals surface area (Å²) in [6, 6.07) is 6.79. The Hall–Kier alpha value is -2.63. The van der Waals surface area contributed by atoms with E-state index in [1.165, 1.54) is 6.07 Å². The van der Waals surface area contributed by atoms with Gasteiger partial charge in [0.2, 0.25) is 0 Å². The molecule has 0 bridgehead atoms. The SMILES string of the molecule is O=C(O)c1cccn2c(Cc3ccco3)nnc12. The van der Waals surface area contributed by atoms with Gasteiger partial charge in [0.05, 0.1) is 12.7 Å². The largest absolute Gasteiger partial charge is 0.478 e. The maximum atomic E-state index is 11.0. The number of fused-ring (bicyclic) bond motifs is 1. The first kappa shape index (κ1) is 10.5. The average Bonchev–Trinajstić information content (AvgIpc) is 2.99. The van der Waals surface area contributed by atoms with Gasteiger partial charge in [0.15, 0.2) is 5.65 Å². The van der Waals surface area contributed by atoms with Crippen LogP contribution in [0, 0.1) is 0 Å². The van der Waals surface area contributed by atoms with Crippen molar-refractivity contribution in [2.24, 2.45) is 0 Å². The molecule has 90 valence electrons. The highest BCUT2D eigenvalue weighted by atomic mass is 16.4. The van der Waals surface area contributed by atoms with Crippen molar-refractivity contribution >= 4 is 11.6 Å². The molecule has 3 rings (SSSR count). The number of carbonyl (C=O) groups is 1. The average molecular weight is 243 g/mol. The van der Waals surface area contributed by atoms with Crippen LogP contribution in [0.1, 0.15) is 21.9 Å². The van der Waals surface area contributed by atoms with Crippen molar-refractivity contribution in [3.8, 4) is 0 Å². The first-order valence-electron chi connectivity index (χ1n) is 5.34. The smallest absolute Gasteiger partial charge is 0.339 e. The van der Waals surface area contributed by atoms with Gasteiger partial charge in [0, 0.05) is 6.20 Å². The second-order valence-corrected chi connectivity index (χ2v) is 3.79. The molecule has 0 aliphatic rings. The third-order valence-electron chi connectivity index (χ3n) is 2.65. The molecule has 0 atom stereocenters. The molecule has 0 spiro atoms. The summed E-state index contributed by atoms with van der Waals surface area (Å²) in [6.45, 7) is 0. The van der Waals surface area contributed by atoms with E-state index < -0.39 is 5.97 Å². The van der Waals surface area contributed by atoms with Crippen LogP contribution in [0.25, 0.3) is 5.65 Å². The van der Waals surface area contributed by atoms with Crippen LogP contribution in [0.15, 0.2) is 41.1 Å². The normalized spacial score (nSPS) is 10.9. The topological polar surface area (TPSA) is 80.6 Å². The lowest BCUT2D eigenvalue weighted by molar-refractivity contribution is 0.0698. The van der Waals surface area contributed by atoms with Crippen LogP contribution >= 0.6 is 0 Å². The minimum Gasteiger partial charge on any atom is -0.478 e. The van der Waals surface area contributed by atoms with Crippen LogP contribution in [0.4, 0.5) is 0 Å². The van der Waals surface area contributed by atoms with Gasteiger partial charge < -0.3 is 9.52 Å². The molecule has 0 aliphatic carbocycles. The van der Waals surface area contributed by atoms with Crippen LogP contribution in [0.3, 0.4) is 0 Å². The summed E-state index contributed by atoms with van der Waals surface area (Å²) >= 11 is 0. The minimum absolute atomic E-state index is 0.135. The van der Waals surface area contributed by atoms with E-state index in [-0.39, 0.29) is 5.56 Å². The summed E-state index contributed by atoms with van der Waals surface area (Å²) in [5, 5.41) is 17.0. The molecule has 3 heterocycles. The Labute approximate surface area is 101 Å². The molecule has 0 saturated heterocycles. The lowest BCUT2D eigenvalue weighted by Gasteiger charge is -1.99. The molecule has 0 unspecified atom stereocenters. The van der Waals surface area contributed by atoms with Crippen molar-refractivity contribution in [1.29, 1.82) is 0 Å². The lowest BCUT2D eigenvalue weighted by atomic mass is 10.2. The van der Waals surface area contributed by atoms with Gasteiger partial charge in [-0.05, 0) is 24.3 Å². The van der Waals surface area contributed by atoms with Gasteiger partial charge in [-0.15, -0.1) is 10.2 Å². The fourth-order valence-electron chi connectivity index (χ4n) is 1.82. The number of carboxylic acids is 1. The molecule has 6 nitrogen and oxygen atoms in total. The van der Waals surface area contributed by atoms with E-state index in [9.17, 15) is 4.79 Å². The molecular formula is C12H9N3O3. The van der Waals surface area contributed by atoms with E-state index in [0.717, 1.165) is 5.76 Å². The third-order valence-corrected chi connectivity index (χ3v) is 2.65. The van der Waals surface area contributed by atoms with Crippen LogP contribution in [-0.2, 0) is 6.42 Å². The van der Waals surface area contributed by atoms with Gasteiger partial charge in [-0.2, -0.15) is 0 Å². The number of carboxylic acid groups (broad SMARTS) is 1. The number of hydrogen-bond donors (Lipinski definition) is 1. The lowest BCUT2D eigenvalue weighted by Crippen LogP contribution is -2.01. The third kappa shape index (κ3) is 1.64. The van der Waals surface area contributed by atoms with E-state index in [1.54, 1.807) is 29.0 Å². The molecule has 18 heavy (non-hydrogen) atoms. The number of aromatic carboxylic acids is 1. The van der Waals surface area contributed by atoms with Gasteiger partial charge in [-0.3, -0.25) is 4.40 Å². The zero-order valence-electron chi connectivity index (χ0n) is 9.28. The van der Waals surface area contributed by atoms with Crippen LogP contribution in [0.2, 0.25) is 0 Å². The van der Waals surface area contributed by atoms with Crippen LogP contribution < -0.4 is 0 Å². The van der Waals surface area contributed by atoms with E-state index in [0.29, 0.717) is 17.9 Å². The molecule has 0 radical (unpaired) electrons. The summed E-state index contributed by atoms with van der Waals surface area (Å²) in [4.78, 5) is 11.0. The van der Waals surface area contributed by atoms with Crippen molar-refractivity contribution in [2.45, 2.75) is 6.42 Å². The highest BCUT2D eigenvalue weighted by molar-refractivity contribution is 5.94. The van der Waals surface area contributed by atoms with Gasteiger partial charge in [0.1, 0.15) is 17.1 Å². The zero-order chi connectivity index (χ0) is 12.5. The molecular weight excluding hydrogens is 234 g/mol. The molecule has 0 saturated carbocycles. The Morgan fingerprint density at radius 3 is 2.94 bits per heavy atom. The van der Waals surface area contributed by atoms with Crippen molar-refractivity contribution in [3.63, 3.8) is 0 Å². The standard InChI is InChI=1S/C12H9N3O3/c16-12(17)9-4-1-5-15-10(13-14-11(9)15)7-8-3-2-6-18-8/h1-6H,7H2,(H,16,17). The summed E-state index contributed by atoms with van der Waals surface area (Å²) in [5.74, 6) is 0.380. The second kappa shape index (κ2) is 3.99. The number of pyridine rings is 1. The number of aromatic nitrogens is 3. The fraction of sp³-hybridized carbons (Fsp3) is 0.0833. The fourth-order valence-corrected chi connectivity index (χ4v) is 1.82. The van der Waals surface area contributed by atoms with Gasteiger partial charge in [0.25, 0.3) is 0 Å². The summed E-state index contributed by atoms with van der Waals surface area (Å²) in [6.07, 6.45) is 3.79. The number of nitrogens with zero attached hydrogens (tertiary/aromatic N) is 3. The van der Waals surface area contributed by atoms with E-state index >= 15 is 0 Å². The van der Waals surface area contributed by atoms with Gasteiger partial charge >= 0.3 is 5.97 Å². The molecule has 1 N–H and O–H groups in total. The minimum atomic E-state index is -1.02. The van der Waals surface area contributed by atoms with Crippen molar-refractivity contribution in [1.82, 2.24) is 14.6 Å². The molecule has 3 aromatic rings. The number of rotatable bonds is 3. The van der Waals surface area contributed by atoms with E-state index in [4.69, 9.17) is 9.52 Å². The molecule has 0 fully saturated rings. The first-order valence-corrected chi connectivity index (χ1v) is 5.34. The predicted molar refractivity (Wildman–Crippen MR) is 61.5 cm³/mol. The quantitative estimate of drug-likeness (QED) is 0.755. The Morgan fingerprint density at radius 2 is 2.22 bits per heavy atom. The van der Waals surface area contributed by atoms with Crippen molar-refractivity contribution in [3.05, 3.63) is 53.9 Å². The monoisotopic (exact) mass is 243 g/mol. The van der Waals surface area contributed by atoms with E-state index in [2.05, 4.69) is 10.2 Å². The zero-order valence-corrected chi connectivity index (χ0v) is 9.28. The predicted octanol–water partition coefficient (Wildman–Crippen LogP) is 1.61. The van der Waals surface area contributed by atoms with Crippen LogP contribution in [-0.4, -0.2) is 25.7 Å². The van der Waals surface area contributed by atoms with E-state index in [1.807, 2.05) is 6.07 Å². The Morgan fingerprint density at radius 1 is 1.33 bits per heavy atom.